The van der Waals surface area contributed by atoms with Crippen LogP contribution in [0.1, 0.15) is 35.6 Å². The maximum absolute atomic E-state index is 5.95. The van der Waals surface area contributed by atoms with E-state index in [9.17, 15) is 0 Å². The van der Waals surface area contributed by atoms with Crippen molar-refractivity contribution < 1.29 is 4.74 Å². The summed E-state index contributed by atoms with van der Waals surface area (Å²) in [6.07, 6.45) is 2.14. The number of rotatable bonds is 2. The quantitative estimate of drug-likeness (QED) is 0.787. The van der Waals surface area contributed by atoms with E-state index in [0.29, 0.717) is 6.04 Å². The van der Waals surface area contributed by atoms with Gasteiger partial charge in [0.15, 0.2) is 0 Å². The lowest BCUT2D eigenvalue weighted by atomic mass is 9.99. The van der Waals surface area contributed by atoms with Crippen LogP contribution in [0.3, 0.4) is 0 Å². The molecule has 1 aliphatic heterocycles. The predicted octanol–water partition coefficient (Wildman–Crippen LogP) is 5.39. The monoisotopic (exact) mass is 345 g/mol. The smallest absolute Gasteiger partial charge is 0.127 e. The molecule has 3 rings (SSSR count). The van der Waals surface area contributed by atoms with Gasteiger partial charge in [-0.1, -0.05) is 24.3 Å². The van der Waals surface area contributed by atoms with Gasteiger partial charge >= 0.3 is 0 Å². The molecule has 0 spiro atoms. The Balaban J connectivity index is 1.96. The summed E-state index contributed by atoms with van der Waals surface area (Å²) >= 11 is 3.64. The molecule has 0 saturated heterocycles. The second-order valence-electron chi connectivity index (χ2n) is 5.66. The van der Waals surface area contributed by atoms with E-state index in [1.165, 1.54) is 16.7 Å². The normalized spacial score (nSPS) is 17.6. The fourth-order valence-corrected chi connectivity index (χ4v) is 3.21. The van der Waals surface area contributed by atoms with Gasteiger partial charge in [0.2, 0.25) is 0 Å². The first kappa shape index (κ1) is 14.5. The van der Waals surface area contributed by atoms with E-state index in [2.05, 4.69) is 71.5 Å². The van der Waals surface area contributed by atoms with Gasteiger partial charge in [0.25, 0.3) is 0 Å². The van der Waals surface area contributed by atoms with Crippen LogP contribution in [0, 0.1) is 13.8 Å². The third kappa shape index (κ3) is 3.08. The highest BCUT2D eigenvalue weighted by Gasteiger charge is 2.21. The van der Waals surface area contributed by atoms with Crippen LogP contribution in [0.15, 0.2) is 40.9 Å². The van der Waals surface area contributed by atoms with Crippen LogP contribution >= 0.6 is 15.9 Å². The highest BCUT2D eigenvalue weighted by Crippen LogP contribution is 2.37. The minimum absolute atomic E-state index is 0.292. The van der Waals surface area contributed by atoms with Crippen molar-refractivity contribution in [3.8, 4) is 5.75 Å². The van der Waals surface area contributed by atoms with E-state index < -0.39 is 0 Å². The Morgan fingerprint density at radius 3 is 2.90 bits per heavy atom. The Bertz CT molecular complexity index is 654. The van der Waals surface area contributed by atoms with Crippen molar-refractivity contribution in [2.75, 3.05) is 11.9 Å². The van der Waals surface area contributed by atoms with Crippen LogP contribution in [0.4, 0.5) is 5.69 Å². The van der Waals surface area contributed by atoms with Gasteiger partial charge in [-0.15, -0.1) is 0 Å². The summed E-state index contributed by atoms with van der Waals surface area (Å²) in [6.45, 7) is 5.03. The zero-order valence-electron chi connectivity index (χ0n) is 12.4. The minimum atomic E-state index is 0.292. The molecule has 1 heterocycles. The van der Waals surface area contributed by atoms with Gasteiger partial charge in [-0.3, -0.25) is 0 Å². The van der Waals surface area contributed by atoms with Crippen LogP contribution in [0.5, 0.6) is 5.75 Å². The van der Waals surface area contributed by atoms with E-state index in [1.54, 1.807) is 0 Å². The van der Waals surface area contributed by atoms with E-state index in [1.807, 2.05) is 0 Å². The molecule has 21 heavy (non-hydrogen) atoms. The number of halogens is 1. The molecule has 2 nitrogen and oxygen atoms in total. The number of aryl methyl sites for hydroxylation is 2. The fourth-order valence-electron chi connectivity index (χ4n) is 2.85. The molecule has 110 valence electrons. The van der Waals surface area contributed by atoms with Crippen molar-refractivity contribution in [2.45, 2.75) is 32.7 Å². The van der Waals surface area contributed by atoms with Gasteiger partial charge in [-0.25, -0.2) is 0 Å². The third-order valence-electron chi connectivity index (χ3n) is 3.95. The lowest BCUT2D eigenvalue weighted by molar-refractivity contribution is 0.314. The summed E-state index contributed by atoms with van der Waals surface area (Å²) in [5.74, 6) is 1.05. The molecule has 3 heteroatoms. The summed E-state index contributed by atoms with van der Waals surface area (Å²) in [6, 6.07) is 13.1. The molecule has 2 aromatic carbocycles. The van der Waals surface area contributed by atoms with Crippen molar-refractivity contribution >= 4 is 21.6 Å². The second kappa shape index (κ2) is 6.10. The SMILES string of the molecule is Cc1ccc(Br)c(NC2CCCOc3c(C)cccc32)c1. The van der Waals surface area contributed by atoms with Gasteiger partial charge in [-0.2, -0.15) is 0 Å². The van der Waals surface area contributed by atoms with Gasteiger partial charge in [0.1, 0.15) is 5.75 Å². The zero-order valence-corrected chi connectivity index (χ0v) is 14.0. The summed E-state index contributed by atoms with van der Waals surface area (Å²) in [7, 11) is 0. The molecule has 0 saturated carbocycles. The summed E-state index contributed by atoms with van der Waals surface area (Å²) in [5.41, 5.74) is 4.88. The molecule has 1 aliphatic rings. The van der Waals surface area contributed by atoms with Gasteiger partial charge in [0.05, 0.1) is 12.6 Å². The first-order chi connectivity index (χ1) is 10.1. The van der Waals surface area contributed by atoms with E-state index in [4.69, 9.17) is 4.74 Å². The number of fused-ring (bicyclic) bond motifs is 1. The Labute approximate surface area is 134 Å². The molecule has 0 fully saturated rings. The fraction of sp³-hybridized carbons (Fsp3) is 0.333. The van der Waals surface area contributed by atoms with Crippen molar-refractivity contribution in [1.82, 2.24) is 0 Å². The molecule has 1 N–H and O–H groups in total. The number of ether oxygens (including phenoxy) is 1. The highest BCUT2D eigenvalue weighted by atomic mass is 79.9. The number of benzene rings is 2. The Kier molecular flexibility index (Phi) is 4.20. The molecule has 0 aliphatic carbocycles. The maximum Gasteiger partial charge on any atom is 0.127 e. The van der Waals surface area contributed by atoms with Crippen molar-refractivity contribution in [1.29, 1.82) is 0 Å². The molecular weight excluding hydrogens is 326 g/mol. The lowest BCUT2D eigenvalue weighted by Crippen LogP contribution is -2.11. The first-order valence-corrected chi connectivity index (χ1v) is 8.19. The van der Waals surface area contributed by atoms with E-state index in [0.717, 1.165) is 35.4 Å². The van der Waals surface area contributed by atoms with Gasteiger partial charge < -0.3 is 10.1 Å². The summed E-state index contributed by atoms with van der Waals surface area (Å²) in [5, 5.41) is 3.69. The number of hydrogen-bond acceptors (Lipinski definition) is 2. The first-order valence-electron chi connectivity index (χ1n) is 7.40. The summed E-state index contributed by atoms with van der Waals surface area (Å²) in [4.78, 5) is 0. The minimum Gasteiger partial charge on any atom is -0.493 e. The van der Waals surface area contributed by atoms with Crippen LogP contribution in [-0.2, 0) is 0 Å². The maximum atomic E-state index is 5.95. The molecule has 0 amide bonds. The largest absolute Gasteiger partial charge is 0.493 e. The Morgan fingerprint density at radius 2 is 2.05 bits per heavy atom. The number of anilines is 1. The van der Waals surface area contributed by atoms with E-state index in [-0.39, 0.29) is 0 Å². The Hall–Kier alpha value is -1.48. The number of hydrogen-bond donors (Lipinski definition) is 1. The van der Waals surface area contributed by atoms with Crippen molar-refractivity contribution in [2.24, 2.45) is 0 Å². The molecule has 0 aromatic heterocycles. The molecule has 0 bridgehead atoms. The molecular formula is C18H20BrNO. The van der Waals surface area contributed by atoms with Crippen LogP contribution in [0.25, 0.3) is 0 Å². The average molecular weight is 346 g/mol. The Morgan fingerprint density at radius 1 is 1.19 bits per heavy atom. The zero-order chi connectivity index (χ0) is 14.8. The number of para-hydroxylation sites is 1. The van der Waals surface area contributed by atoms with E-state index >= 15 is 0 Å². The predicted molar refractivity (Wildman–Crippen MR) is 91.2 cm³/mol. The second-order valence-corrected chi connectivity index (χ2v) is 6.52. The van der Waals surface area contributed by atoms with Crippen LogP contribution in [-0.4, -0.2) is 6.61 Å². The third-order valence-corrected chi connectivity index (χ3v) is 4.64. The van der Waals surface area contributed by atoms with Crippen LogP contribution < -0.4 is 10.1 Å². The average Bonchev–Trinajstić information content (AvgIpc) is 2.67. The molecule has 2 aromatic rings. The van der Waals surface area contributed by atoms with Crippen molar-refractivity contribution in [3.63, 3.8) is 0 Å². The molecule has 0 radical (unpaired) electrons. The standard InChI is InChI=1S/C18H20BrNO/c1-12-8-9-15(19)17(11-12)20-16-7-4-10-21-18-13(2)5-3-6-14(16)18/h3,5-6,8-9,11,16,20H,4,7,10H2,1-2H3. The molecule has 1 atom stereocenters. The van der Waals surface area contributed by atoms with Gasteiger partial charge in [0, 0.05) is 15.7 Å². The highest BCUT2D eigenvalue weighted by molar-refractivity contribution is 9.10. The molecule has 1 unspecified atom stereocenters. The van der Waals surface area contributed by atoms with Crippen LogP contribution in [0.2, 0.25) is 0 Å². The number of nitrogens with one attached hydrogen (secondary N) is 1. The lowest BCUT2D eigenvalue weighted by Gasteiger charge is -2.21. The van der Waals surface area contributed by atoms with Crippen molar-refractivity contribution in [3.05, 3.63) is 57.6 Å². The summed E-state index contributed by atoms with van der Waals surface area (Å²) < 4.78 is 7.05. The van der Waals surface area contributed by atoms with Gasteiger partial charge in [-0.05, 0) is 65.9 Å². The topological polar surface area (TPSA) is 21.3 Å².